The second kappa shape index (κ2) is 13.3. The second-order valence-electron chi connectivity index (χ2n) is 14.7. The lowest BCUT2D eigenvalue weighted by Crippen LogP contribution is -1.97. The van der Waals surface area contributed by atoms with Crippen LogP contribution in [0.25, 0.3) is 100 Å². The van der Waals surface area contributed by atoms with Crippen LogP contribution in [0.2, 0.25) is 0 Å². The predicted molar refractivity (Wildman–Crippen MR) is 237 cm³/mol. The van der Waals surface area contributed by atoms with Gasteiger partial charge in [0.25, 0.3) is 0 Å². The van der Waals surface area contributed by atoms with Crippen LogP contribution in [0.15, 0.2) is 200 Å². The average Bonchev–Trinajstić information content (AvgIpc) is 3.79. The lowest BCUT2D eigenvalue weighted by atomic mass is 10.0. The normalized spacial score (nSPS) is 11.6. The molecule has 4 heteroatoms. The van der Waals surface area contributed by atoms with Gasteiger partial charge in [-0.25, -0.2) is 9.97 Å². The molecule has 0 aliphatic carbocycles. The molecule has 0 bridgehead atoms. The quantitative estimate of drug-likeness (QED) is 0.171. The number of nitrogens with zero attached hydrogens (tertiary/aromatic N) is 4. The molecule has 57 heavy (non-hydrogen) atoms. The van der Waals surface area contributed by atoms with Crippen LogP contribution in [0.4, 0.5) is 0 Å². The second-order valence-corrected chi connectivity index (χ2v) is 14.7. The van der Waals surface area contributed by atoms with Crippen molar-refractivity contribution in [3.8, 4) is 56.4 Å². The van der Waals surface area contributed by atoms with Gasteiger partial charge in [-0.3, -0.25) is 0 Å². The van der Waals surface area contributed by atoms with Crippen LogP contribution in [0.1, 0.15) is 5.56 Å². The van der Waals surface area contributed by atoms with Gasteiger partial charge in [-0.05, 0) is 78.2 Å². The van der Waals surface area contributed by atoms with Crippen molar-refractivity contribution in [2.24, 2.45) is 0 Å². The van der Waals surface area contributed by atoms with Crippen LogP contribution < -0.4 is 0 Å². The van der Waals surface area contributed by atoms with Crippen LogP contribution in [-0.2, 0) is 0 Å². The van der Waals surface area contributed by atoms with Gasteiger partial charge in [-0.1, -0.05) is 146 Å². The van der Waals surface area contributed by atoms with Crippen LogP contribution in [0.5, 0.6) is 0 Å². The monoisotopic (exact) mass is 728 g/mol. The maximum Gasteiger partial charge on any atom is 0.160 e. The molecule has 0 atom stereocenters. The number of aromatic nitrogens is 4. The van der Waals surface area contributed by atoms with Gasteiger partial charge in [0.1, 0.15) is 0 Å². The van der Waals surface area contributed by atoms with Crippen molar-refractivity contribution in [2.75, 3.05) is 0 Å². The number of rotatable bonds is 6. The molecule has 0 radical (unpaired) electrons. The minimum atomic E-state index is 0.733. The number of hydrogen-bond acceptors (Lipinski definition) is 2. The van der Waals surface area contributed by atoms with E-state index in [-0.39, 0.29) is 0 Å². The van der Waals surface area contributed by atoms with Crippen molar-refractivity contribution in [3.63, 3.8) is 0 Å². The van der Waals surface area contributed by atoms with Gasteiger partial charge < -0.3 is 9.13 Å². The zero-order valence-electron chi connectivity index (χ0n) is 31.3. The third-order valence-corrected chi connectivity index (χ3v) is 11.3. The Bertz CT molecular complexity index is 3230. The summed E-state index contributed by atoms with van der Waals surface area (Å²) in [4.78, 5) is 10.1. The Balaban J connectivity index is 0.954. The summed E-state index contributed by atoms with van der Waals surface area (Å²) >= 11 is 0. The fourth-order valence-electron chi connectivity index (χ4n) is 8.51. The first-order chi connectivity index (χ1) is 28.2. The molecular formula is C53H36N4. The third-order valence-electron chi connectivity index (χ3n) is 11.3. The van der Waals surface area contributed by atoms with Gasteiger partial charge >= 0.3 is 0 Å². The van der Waals surface area contributed by atoms with E-state index >= 15 is 0 Å². The number of aryl methyl sites for hydroxylation is 1. The van der Waals surface area contributed by atoms with E-state index in [9.17, 15) is 0 Å². The van der Waals surface area contributed by atoms with Crippen molar-refractivity contribution in [3.05, 3.63) is 206 Å². The smallest absolute Gasteiger partial charge is 0.160 e. The minimum Gasteiger partial charge on any atom is -0.309 e. The van der Waals surface area contributed by atoms with Crippen LogP contribution in [0.3, 0.4) is 0 Å². The van der Waals surface area contributed by atoms with Gasteiger partial charge in [0.2, 0.25) is 0 Å². The van der Waals surface area contributed by atoms with Crippen molar-refractivity contribution in [2.45, 2.75) is 6.92 Å². The summed E-state index contributed by atoms with van der Waals surface area (Å²) in [5, 5.41) is 5.00. The molecule has 3 aromatic heterocycles. The zero-order valence-corrected chi connectivity index (χ0v) is 31.3. The Morgan fingerprint density at radius 3 is 1.39 bits per heavy atom. The first-order valence-electron chi connectivity index (χ1n) is 19.4. The summed E-state index contributed by atoms with van der Waals surface area (Å²) in [5.41, 5.74) is 15.5. The third kappa shape index (κ3) is 5.53. The topological polar surface area (TPSA) is 35.6 Å². The largest absolute Gasteiger partial charge is 0.309 e. The van der Waals surface area contributed by atoms with Gasteiger partial charge in [0, 0.05) is 49.6 Å². The highest BCUT2D eigenvalue weighted by Gasteiger charge is 2.17. The maximum atomic E-state index is 5.08. The summed E-state index contributed by atoms with van der Waals surface area (Å²) in [6.07, 6.45) is 0. The summed E-state index contributed by atoms with van der Waals surface area (Å²) < 4.78 is 4.78. The highest BCUT2D eigenvalue weighted by molar-refractivity contribution is 6.12. The molecule has 0 saturated heterocycles. The summed E-state index contributed by atoms with van der Waals surface area (Å²) in [6.45, 7) is 2.11. The summed E-state index contributed by atoms with van der Waals surface area (Å²) in [5.74, 6) is 0.733. The molecule has 4 nitrogen and oxygen atoms in total. The Morgan fingerprint density at radius 2 is 0.772 bits per heavy atom. The van der Waals surface area contributed by atoms with E-state index in [1.165, 1.54) is 43.6 Å². The molecule has 0 spiro atoms. The number of benzene rings is 8. The molecule has 0 fully saturated rings. The van der Waals surface area contributed by atoms with Crippen LogP contribution in [-0.4, -0.2) is 19.1 Å². The maximum absolute atomic E-state index is 5.08. The fourth-order valence-corrected chi connectivity index (χ4v) is 8.51. The Morgan fingerprint density at radius 1 is 0.333 bits per heavy atom. The predicted octanol–water partition coefficient (Wildman–Crippen LogP) is 13.6. The zero-order chi connectivity index (χ0) is 37.9. The van der Waals surface area contributed by atoms with E-state index in [0.717, 1.165) is 62.0 Å². The molecule has 11 aromatic rings. The van der Waals surface area contributed by atoms with Gasteiger partial charge in [-0.2, -0.15) is 0 Å². The minimum absolute atomic E-state index is 0.733. The Kier molecular flexibility index (Phi) is 7.68. The highest BCUT2D eigenvalue weighted by atomic mass is 15.0. The molecule has 8 aromatic carbocycles. The molecule has 0 unspecified atom stereocenters. The molecule has 0 amide bonds. The average molecular weight is 729 g/mol. The Labute approximate surface area is 330 Å². The van der Waals surface area contributed by atoms with E-state index < -0.39 is 0 Å². The molecule has 11 rings (SSSR count). The number of hydrogen-bond donors (Lipinski definition) is 0. The van der Waals surface area contributed by atoms with E-state index in [1.54, 1.807) is 0 Å². The Hall–Kier alpha value is -7.56. The molecule has 3 heterocycles. The van der Waals surface area contributed by atoms with E-state index in [2.05, 4.69) is 204 Å². The number of fused-ring (bicyclic) bond motifs is 6. The van der Waals surface area contributed by atoms with Crippen LogP contribution >= 0.6 is 0 Å². The molecule has 0 aliphatic rings. The van der Waals surface area contributed by atoms with Gasteiger partial charge in [-0.15, -0.1) is 0 Å². The number of para-hydroxylation sites is 3. The van der Waals surface area contributed by atoms with Gasteiger partial charge in [0.05, 0.1) is 33.5 Å². The molecule has 0 saturated carbocycles. The SMILES string of the molecule is Cc1ccccc1-c1nc(-c2ccccc2)cc(-c2ccc(-c3ccc(-n4c5ccccc5c5cc(-n6c7ccccc7c7ccccc76)ccc54)cc3)cc2)n1. The fraction of sp³-hybridized carbons (Fsp3) is 0.0189. The van der Waals surface area contributed by atoms with Crippen molar-refractivity contribution < 1.29 is 0 Å². The standard InChI is InChI=1S/C53H36N4/c1-35-13-5-6-16-42(35)53-54-47(38-14-3-2-4-15-38)34-48(55-53)39-25-23-36(24-26-39)37-27-29-40(30-28-37)56-51-22-12-9-19-45(51)46-33-41(31-32-52(46)56)57-49-20-10-7-17-43(49)44-18-8-11-21-50(44)57/h2-34H,1H3. The highest BCUT2D eigenvalue weighted by Crippen LogP contribution is 2.37. The first-order valence-corrected chi connectivity index (χ1v) is 19.4. The summed E-state index contributed by atoms with van der Waals surface area (Å²) in [6, 6.07) is 71.4. The lowest BCUT2D eigenvalue weighted by Gasteiger charge is -2.12. The van der Waals surface area contributed by atoms with Crippen LogP contribution in [0, 0.1) is 6.92 Å². The molecule has 268 valence electrons. The van der Waals surface area contributed by atoms with E-state index in [0.29, 0.717) is 0 Å². The summed E-state index contributed by atoms with van der Waals surface area (Å²) in [7, 11) is 0. The molecular weight excluding hydrogens is 693 g/mol. The first kappa shape index (κ1) is 32.8. The van der Waals surface area contributed by atoms with E-state index in [1.807, 2.05) is 12.1 Å². The van der Waals surface area contributed by atoms with Crippen molar-refractivity contribution in [1.29, 1.82) is 0 Å². The van der Waals surface area contributed by atoms with Crippen molar-refractivity contribution >= 4 is 43.6 Å². The van der Waals surface area contributed by atoms with Crippen molar-refractivity contribution in [1.82, 2.24) is 19.1 Å². The molecule has 0 aliphatic heterocycles. The lowest BCUT2D eigenvalue weighted by molar-refractivity contribution is 1.17. The molecule has 0 N–H and O–H groups in total. The van der Waals surface area contributed by atoms with Gasteiger partial charge in [0.15, 0.2) is 5.82 Å². The van der Waals surface area contributed by atoms with E-state index in [4.69, 9.17) is 9.97 Å².